The first-order chi connectivity index (χ1) is 31.7. The van der Waals surface area contributed by atoms with Crippen LogP contribution < -0.4 is 5.73 Å². The van der Waals surface area contributed by atoms with Gasteiger partial charge in [-0.1, -0.05) is 237 Å². The third-order valence-electron chi connectivity index (χ3n) is 12.5. The molecule has 0 bridgehead atoms. The molecule has 0 fully saturated rings. The quantitative estimate of drug-likeness (QED) is 0.0376. The summed E-state index contributed by atoms with van der Waals surface area (Å²) < 4.78 is 11.7. The molecule has 4 heteroatoms. The van der Waals surface area contributed by atoms with Gasteiger partial charge in [0.2, 0.25) is 6.04 Å². The van der Waals surface area contributed by atoms with Crippen molar-refractivity contribution in [2.75, 3.05) is 33.0 Å². The fraction of sp³-hybridized carbons (Fsp3) is 0.850. The summed E-state index contributed by atoms with van der Waals surface area (Å²) in [6.45, 7) is 20.5. The Bertz CT molecular complexity index is 996. The number of hydrogen-bond donors (Lipinski definition) is 1. The summed E-state index contributed by atoms with van der Waals surface area (Å²) >= 11 is 0. The highest BCUT2D eigenvalue weighted by Gasteiger charge is 2.12. The molecule has 0 radical (unpaired) electrons. The first-order valence-electron chi connectivity index (χ1n) is 28.5. The molecule has 0 rings (SSSR count). The number of nitrogens with zero attached hydrogens (tertiary/aromatic N) is 1. The van der Waals surface area contributed by atoms with Gasteiger partial charge in [-0.2, -0.15) is 0 Å². The maximum Gasteiger partial charge on any atom is 0.246 e. The van der Waals surface area contributed by atoms with E-state index in [9.17, 15) is 0 Å². The van der Waals surface area contributed by atoms with Crippen molar-refractivity contribution in [2.45, 2.75) is 291 Å². The number of ether oxygens (including phenoxy) is 2. The van der Waals surface area contributed by atoms with E-state index in [0.29, 0.717) is 12.5 Å². The fourth-order valence-electron chi connectivity index (χ4n) is 8.04. The molecule has 0 aromatic carbocycles. The lowest BCUT2D eigenvalue weighted by molar-refractivity contribution is 0.0945. The predicted molar refractivity (Wildman–Crippen MR) is 289 cm³/mol. The molecule has 0 saturated carbocycles. The summed E-state index contributed by atoms with van der Waals surface area (Å²) in [6.07, 6.45) is 70.6. The normalized spacial score (nSPS) is 12.8. The molecule has 376 valence electrons. The Labute approximate surface area is 403 Å². The zero-order chi connectivity index (χ0) is 46.8. The van der Waals surface area contributed by atoms with Crippen LogP contribution in [0, 0.1) is 12.5 Å². The Morgan fingerprint density at radius 2 is 0.688 bits per heavy atom. The molecule has 0 amide bonds. The molecule has 0 aliphatic carbocycles. The van der Waals surface area contributed by atoms with Crippen molar-refractivity contribution < 1.29 is 9.47 Å². The van der Waals surface area contributed by atoms with Crippen molar-refractivity contribution >= 4 is 0 Å². The van der Waals surface area contributed by atoms with Gasteiger partial charge in [-0.05, 0) is 102 Å². The second-order valence-corrected chi connectivity index (χ2v) is 19.0. The summed E-state index contributed by atoms with van der Waals surface area (Å²) in [4.78, 5) is 3.77. The highest BCUT2D eigenvalue weighted by Crippen LogP contribution is 2.15. The zero-order valence-corrected chi connectivity index (χ0v) is 43.9. The summed E-state index contributed by atoms with van der Waals surface area (Å²) in [5.74, 6) is 0.565. The van der Waals surface area contributed by atoms with E-state index in [1.54, 1.807) is 0 Å². The van der Waals surface area contributed by atoms with E-state index in [2.05, 4.69) is 81.1 Å². The molecular weight excluding hydrogens is 781 g/mol. The Hall–Kier alpha value is -1.67. The minimum atomic E-state index is 0.0789. The lowest BCUT2D eigenvalue weighted by Crippen LogP contribution is -2.20. The molecule has 64 heavy (non-hydrogen) atoms. The Balaban J connectivity index is 0. The van der Waals surface area contributed by atoms with E-state index in [4.69, 9.17) is 21.8 Å². The van der Waals surface area contributed by atoms with Gasteiger partial charge in [0, 0.05) is 19.6 Å². The van der Waals surface area contributed by atoms with Gasteiger partial charge in [-0.15, -0.1) is 0 Å². The third kappa shape index (κ3) is 58.3. The number of hydrogen-bond acceptors (Lipinski definition) is 3. The molecule has 0 aliphatic heterocycles. The van der Waals surface area contributed by atoms with Crippen molar-refractivity contribution in [2.24, 2.45) is 11.7 Å². The summed E-state index contributed by atoms with van der Waals surface area (Å²) in [5, 5.41) is 0. The minimum Gasteiger partial charge on any atom is -0.381 e. The topological polar surface area (TPSA) is 48.8 Å². The lowest BCUT2D eigenvalue weighted by atomic mass is 10.0. The monoisotopic (exact) mass is 895 g/mol. The zero-order valence-electron chi connectivity index (χ0n) is 43.9. The van der Waals surface area contributed by atoms with E-state index in [1.807, 2.05) is 0 Å². The van der Waals surface area contributed by atoms with Crippen molar-refractivity contribution in [3.8, 4) is 0 Å². The maximum atomic E-state index is 7.37. The third-order valence-corrected chi connectivity index (χ3v) is 12.5. The van der Waals surface area contributed by atoms with Gasteiger partial charge in [-0.25, -0.2) is 6.57 Å². The largest absolute Gasteiger partial charge is 0.381 e. The van der Waals surface area contributed by atoms with E-state index in [-0.39, 0.29) is 6.04 Å². The average Bonchev–Trinajstić information content (AvgIpc) is 3.31. The van der Waals surface area contributed by atoms with E-state index in [1.165, 1.54) is 231 Å². The van der Waals surface area contributed by atoms with Gasteiger partial charge in [0.05, 0.1) is 6.61 Å². The van der Waals surface area contributed by atoms with Gasteiger partial charge >= 0.3 is 0 Å². The van der Waals surface area contributed by atoms with Crippen molar-refractivity contribution in [1.29, 1.82) is 0 Å². The van der Waals surface area contributed by atoms with Gasteiger partial charge < -0.3 is 20.1 Å². The van der Waals surface area contributed by atoms with Crippen LogP contribution in [0.25, 0.3) is 4.85 Å². The lowest BCUT2D eigenvalue weighted by Gasteiger charge is -2.15. The molecule has 0 aliphatic rings. The van der Waals surface area contributed by atoms with Crippen molar-refractivity contribution in [3.05, 3.63) is 60.0 Å². The number of nitrogens with two attached hydrogens (primary N) is 1. The summed E-state index contributed by atoms with van der Waals surface area (Å²) in [7, 11) is 0. The fourth-order valence-corrected chi connectivity index (χ4v) is 8.04. The Kier molecular flexibility index (Phi) is 61.7. The minimum absolute atomic E-state index is 0.0789. The molecule has 2 N–H and O–H groups in total. The molecule has 4 nitrogen and oxygen atoms in total. The van der Waals surface area contributed by atoms with E-state index < -0.39 is 0 Å². The molecule has 0 saturated heterocycles. The van der Waals surface area contributed by atoms with Crippen LogP contribution in [-0.4, -0.2) is 39.0 Å². The molecular formula is C60H114N2O2. The van der Waals surface area contributed by atoms with Crippen molar-refractivity contribution in [3.63, 3.8) is 0 Å². The second kappa shape index (κ2) is 61.3. The molecule has 0 aromatic heterocycles. The number of unbranched alkanes of at least 4 members (excludes halogenated alkanes) is 30. The standard InChI is InChI=1S/C30H55NO.C30H59NO/c1-4-6-8-10-12-13-14-15-16-17-18-19-20-22-24-26-28-32-29-30(31-3)27-25-23-21-11-9-7-5-2;1-3-5-7-9-11-12-13-14-15-16-17-18-19-21-23-25-27-32-29-30(28-31)26-24-22-20-10-8-6-4-2/h12-13,15-16,30H,4-11,14,17-29H2,1-2H3;11-12,14-15,30H,3-10,13,16-29,31H2,1-2H3/b13-12-,16-15-;12-11-,15-14-. The van der Waals surface area contributed by atoms with Crippen LogP contribution >= 0.6 is 0 Å². The van der Waals surface area contributed by atoms with Crippen LogP contribution in [0.15, 0.2) is 48.6 Å². The molecule has 2 atom stereocenters. The van der Waals surface area contributed by atoms with Gasteiger partial charge in [0.15, 0.2) is 0 Å². The highest BCUT2D eigenvalue weighted by molar-refractivity contribution is 4.93. The van der Waals surface area contributed by atoms with E-state index >= 15 is 0 Å². The first kappa shape index (κ1) is 64.4. The Morgan fingerprint density at radius 3 is 1.08 bits per heavy atom. The molecule has 0 heterocycles. The summed E-state index contributed by atoms with van der Waals surface area (Å²) in [5.41, 5.74) is 5.94. The number of allylic oxidation sites excluding steroid dienone is 8. The Morgan fingerprint density at radius 1 is 0.375 bits per heavy atom. The van der Waals surface area contributed by atoms with Gasteiger partial charge in [0.1, 0.15) is 6.61 Å². The first-order valence-corrected chi connectivity index (χ1v) is 28.5. The smallest absolute Gasteiger partial charge is 0.246 e. The van der Waals surface area contributed by atoms with Crippen LogP contribution in [0.1, 0.15) is 285 Å². The van der Waals surface area contributed by atoms with Crippen LogP contribution in [-0.2, 0) is 9.47 Å². The second-order valence-electron chi connectivity index (χ2n) is 19.0. The number of rotatable bonds is 51. The maximum absolute atomic E-state index is 7.37. The van der Waals surface area contributed by atoms with Crippen molar-refractivity contribution in [1.82, 2.24) is 0 Å². The molecule has 2 unspecified atom stereocenters. The highest BCUT2D eigenvalue weighted by atomic mass is 16.5. The molecule has 0 aromatic rings. The van der Waals surface area contributed by atoms with Crippen LogP contribution in [0.2, 0.25) is 0 Å². The van der Waals surface area contributed by atoms with Crippen LogP contribution in [0.4, 0.5) is 0 Å². The van der Waals surface area contributed by atoms with Crippen LogP contribution in [0.3, 0.4) is 0 Å². The van der Waals surface area contributed by atoms with Crippen LogP contribution in [0.5, 0.6) is 0 Å². The SMILES string of the molecule is CCCCC/C=C\C/C=C\CCCCCCCCOCC(CN)CCCCCCCCC.[C-]#[N+]C(CCCCCCCCC)COCCCCCCCC/C=C\C/C=C\CCCCC. The van der Waals surface area contributed by atoms with Gasteiger partial charge in [0.25, 0.3) is 0 Å². The predicted octanol–water partition coefficient (Wildman–Crippen LogP) is 19.8. The van der Waals surface area contributed by atoms with Gasteiger partial charge in [-0.3, -0.25) is 0 Å². The average molecular weight is 896 g/mol. The molecule has 0 spiro atoms. The summed E-state index contributed by atoms with van der Waals surface area (Å²) in [6, 6.07) is 0.0789. The van der Waals surface area contributed by atoms with E-state index in [0.717, 1.165) is 52.0 Å².